The van der Waals surface area contributed by atoms with Crippen LogP contribution in [0.15, 0.2) is 48.5 Å². The highest BCUT2D eigenvalue weighted by atomic mass is 16.6. The molecule has 3 saturated heterocycles. The molecular formula is C67H112N9O9+3. The van der Waals surface area contributed by atoms with Gasteiger partial charge in [-0.15, -0.1) is 9.15 Å². The van der Waals surface area contributed by atoms with Crippen LogP contribution in [-0.4, -0.2) is 146 Å². The van der Waals surface area contributed by atoms with Crippen LogP contribution in [0.4, 0.5) is 19.2 Å². The first-order valence-electron chi connectivity index (χ1n) is 30.9. The van der Waals surface area contributed by atoms with Gasteiger partial charge in [-0.25, -0.2) is 19.5 Å². The second kappa shape index (κ2) is 25.2. The fourth-order valence-corrected chi connectivity index (χ4v) is 13.9. The van der Waals surface area contributed by atoms with Gasteiger partial charge in [0.1, 0.15) is 37.2 Å². The Balaban J connectivity index is 1.24. The molecule has 6 N–H and O–H groups in total. The van der Waals surface area contributed by atoms with Crippen molar-refractivity contribution in [1.82, 2.24) is 31.1 Å². The van der Waals surface area contributed by atoms with Crippen LogP contribution in [0.1, 0.15) is 239 Å². The molecule has 3 fully saturated rings. The highest BCUT2D eigenvalue weighted by molar-refractivity contribution is 5.70. The third kappa shape index (κ3) is 16.4. The number of urea groups is 2. The van der Waals surface area contributed by atoms with Gasteiger partial charge in [-0.2, -0.15) is 24.8 Å². The molecule has 0 saturated carbocycles. The SMILES string of the molecule is C=[N+](C(=O)NC(C)(C)c1ccc(C(C)(C)[N+](=C)C(=O)[N+](=C)C2CC(C)(C)N(O)C(C)(CCC3(C)CC(OC(=O)NC(C)(C)c4cccc(C(C)(C)NC(=O)OC(CC(C)C)CC(C)C)c4)CC(C)(C)N3O)C2)cc1)C1CC(C)(C)N(O)C(C)(C)C1. The average molecular weight is 1190 g/mol. The zero-order valence-corrected chi connectivity index (χ0v) is 56.2. The molecule has 4 atom stereocenters. The molecule has 3 aliphatic heterocycles. The number of ether oxygens (including phenoxy) is 2. The molecule has 0 aliphatic carbocycles. The molecule has 6 amide bonds. The lowest BCUT2D eigenvalue weighted by atomic mass is 9.71. The third-order valence-corrected chi connectivity index (χ3v) is 19.0. The maximum Gasteiger partial charge on any atom is 0.671 e. The minimum Gasteiger partial charge on any atom is -0.446 e. The van der Waals surface area contributed by atoms with Crippen LogP contribution in [0, 0.1) is 11.8 Å². The zero-order valence-electron chi connectivity index (χ0n) is 56.2. The second-order valence-electron chi connectivity index (χ2n) is 31.4. The molecule has 2 aromatic carbocycles. The van der Waals surface area contributed by atoms with E-state index < -0.39 is 85.8 Å². The predicted octanol–water partition coefficient (Wildman–Crippen LogP) is 13.2. The molecule has 3 aliphatic rings. The lowest BCUT2D eigenvalue weighted by molar-refractivity contribution is -0.629. The molecule has 18 nitrogen and oxygen atoms in total. The molecule has 0 aromatic heterocycles. The van der Waals surface area contributed by atoms with E-state index in [9.17, 15) is 34.8 Å². The number of carbonyl (C=O) groups is 4. The van der Waals surface area contributed by atoms with Crippen LogP contribution >= 0.6 is 0 Å². The van der Waals surface area contributed by atoms with E-state index in [2.05, 4.69) is 63.8 Å². The summed E-state index contributed by atoms with van der Waals surface area (Å²) in [6, 6.07) is 14.2. The van der Waals surface area contributed by atoms with Gasteiger partial charge in [0.2, 0.25) is 0 Å². The van der Waals surface area contributed by atoms with Gasteiger partial charge in [-0.05, 0) is 165 Å². The summed E-state index contributed by atoms with van der Waals surface area (Å²) in [5.74, 6) is 0.762. The first kappa shape index (κ1) is 70.7. The number of hydroxylamine groups is 6. The molecule has 3 heterocycles. The van der Waals surface area contributed by atoms with E-state index in [0.29, 0.717) is 63.2 Å². The summed E-state index contributed by atoms with van der Waals surface area (Å²) in [5.41, 5.74) is -4.51. The quantitative estimate of drug-likeness (QED) is 0.0575. The minimum absolute atomic E-state index is 0.189. The van der Waals surface area contributed by atoms with E-state index in [1.54, 1.807) is 0 Å². The summed E-state index contributed by atoms with van der Waals surface area (Å²) in [7, 11) is 0. The fraction of sp³-hybridized carbons (Fsp3) is 0.716. The lowest BCUT2D eigenvalue weighted by Crippen LogP contribution is -2.66. The maximum absolute atomic E-state index is 14.6. The smallest absolute Gasteiger partial charge is 0.446 e. The van der Waals surface area contributed by atoms with Crippen molar-refractivity contribution in [1.29, 1.82) is 0 Å². The molecule has 476 valence electrons. The summed E-state index contributed by atoms with van der Waals surface area (Å²) in [4.78, 5) is 55.6. The first-order valence-corrected chi connectivity index (χ1v) is 30.9. The standard InChI is InChI=1S/C67H109N9O9/c1-44(2)35-52(36-45(3)4)84-55(78)69-63(15,16)48-27-26-28-49(37-48)64(17,18)70-56(79)85-53-42-61(11,12)76(83)67(22,43-53)34-33-66(21)41-51(40-60(9,10)75(66)82)72(24)57(80)73(25)65(19,20)47-31-29-46(30-32-47)62(13,14)68-54(77)71(23)50-38-58(5,6)74(81)59(7,8)39-50/h26-32,37,44-45,50-53,81-83H,23-25,33-36,38-43H2,1-22H3/p+3. The van der Waals surface area contributed by atoms with Crippen molar-refractivity contribution in [3.05, 3.63) is 70.8 Å². The van der Waals surface area contributed by atoms with Gasteiger partial charge in [0.15, 0.2) is 11.6 Å². The third-order valence-electron chi connectivity index (χ3n) is 19.0. The normalized spacial score (nSPS) is 24.2. The molecule has 18 heteroatoms. The van der Waals surface area contributed by atoms with Gasteiger partial charge < -0.3 is 35.7 Å². The Morgan fingerprint density at radius 3 is 1.42 bits per heavy atom. The van der Waals surface area contributed by atoms with Crippen LogP contribution in [0.5, 0.6) is 0 Å². The highest BCUT2D eigenvalue weighted by Crippen LogP contribution is 2.47. The van der Waals surface area contributed by atoms with Crippen LogP contribution in [0.3, 0.4) is 0 Å². The number of amides is 6. The number of nitrogens with one attached hydrogen (secondary N) is 3. The summed E-state index contributed by atoms with van der Waals surface area (Å²) >= 11 is 0. The molecule has 0 bridgehead atoms. The van der Waals surface area contributed by atoms with Gasteiger partial charge in [-0.3, -0.25) is 0 Å². The van der Waals surface area contributed by atoms with Crippen molar-refractivity contribution in [2.24, 2.45) is 11.8 Å². The van der Waals surface area contributed by atoms with E-state index >= 15 is 0 Å². The Kier molecular flexibility index (Phi) is 20.9. The van der Waals surface area contributed by atoms with Crippen LogP contribution in [0.2, 0.25) is 0 Å². The largest absolute Gasteiger partial charge is 0.671 e. The van der Waals surface area contributed by atoms with Gasteiger partial charge in [0.25, 0.3) is 0 Å². The monoisotopic (exact) mass is 1190 g/mol. The second-order valence-corrected chi connectivity index (χ2v) is 31.4. The summed E-state index contributed by atoms with van der Waals surface area (Å²) in [6.45, 7) is 56.1. The summed E-state index contributed by atoms with van der Waals surface area (Å²) < 4.78 is 16.6. The van der Waals surface area contributed by atoms with Gasteiger partial charge >= 0.3 is 24.2 Å². The number of nitrogens with zero attached hydrogens (tertiary/aromatic N) is 6. The maximum atomic E-state index is 14.6. The number of carbonyl (C=O) groups excluding carboxylic acids is 4. The number of hydrogen-bond acceptors (Lipinski definition) is 12. The number of benzene rings is 2. The Labute approximate surface area is 510 Å². The van der Waals surface area contributed by atoms with Crippen LogP contribution < -0.4 is 16.0 Å². The summed E-state index contributed by atoms with van der Waals surface area (Å²) in [5, 5.41) is 48.4. The Hall–Kier alpha value is -5.11. The average Bonchev–Trinajstić information content (AvgIpc) is 0.989. The molecule has 2 aromatic rings. The van der Waals surface area contributed by atoms with Crippen LogP contribution in [0.25, 0.3) is 0 Å². The van der Waals surface area contributed by atoms with Gasteiger partial charge in [-0.1, -0.05) is 76.2 Å². The molecular weight excluding hydrogens is 1070 g/mol. The number of piperidine rings is 3. The van der Waals surface area contributed by atoms with Crippen LogP contribution in [-0.2, 0) is 31.6 Å². The Morgan fingerprint density at radius 2 is 0.953 bits per heavy atom. The zero-order chi connectivity index (χ0) is 64.8. The Morgan fingerprint density at radius 1 is 0.553 bits per heavy atom. The lowest BCUT2D eigenvalue weighted by Gasteiger charge is -2.55. The summed E-state index contributed by atoms with van der Waals surface area (Å²) in [6.07, 6.45) is 3.10. The first-order chi connectivity index (χ1) is 38.5. The van der Waals surface area contributed by atoms with Crippen molar-refractivity contribution in [3.63, 3.8) is 0 Å². The Bertz CT molecular complexity index is 2770. The molecule has 4 unspecified atom stereocenters. The number of alkyl carbamates (subject to hydrolysis) is 2. The number of hydrogen-bond donors (Lipinski definition) is 6. The minimum atomic E-state index is -0.901. The number of rotatable bonds is 19. The molecule has 0 spiro atoms. The highest BCUT2D eigenvalue weighted by Gasteiger charge is 2.57. The van der Waals surface area contributed by atoms with Crippen molar-refractivity contribution < 1.29 is 58.0 Å². The van der Waals surface area contributed by atoms with Crippen molar-refractivity contribution in [2.75, 3.05) is 0 Å². The van der Waals surface area contributed by atoms with E-state index in [1.165, 1.54) is 28.9 Å². The van der Waals surface area contributed by atoms with Crippen molar-refractivity contribution >= 4 is 44.4 Å². The molecule has 85 heavy (non-hydrogen) atoms. The van der Waals surface area contributed by atoms with E-state index in [0.717, 1.165) is 35.1 Å². The van der Waals surface area contributed by atoms with Gasteiger partial charge in [0, 0.05) is 85.6 Å². The predicted molar refractivity (Wildman–Crippen MR) is 335 cm³/mol. The molecule has 0 radical (unpaired) electrons. The van der Waals surface area contributed by atoms with E-state index in [4.69, 9.17) is 9.47 Å². The topological polar surface area (TPSA) is 202 Å². The fourth-order valence-electron chi connectivity index (χ4n) is 13.9. The van der Waals surface area contributed by atoms with Crippen molar-refractivity contribution in [2.45, 2.75) is 296 Å². The van der Waals surface area contributed by atoms with Gasteiger partial charge in [0.05, 0.1) is 23.3 Å². The molecule has 5 rings (SSSR count). The van der Waals surface area contributed by atoms with E-state index in [1.807, 2.05) is 173 Å². The van der Waals surface area contributed by atoms with Crippen molar-refractivity contribution in [3.8, 4) is 0 Å². The van der Waals surface area contributed by atoms with E-state index in [-0.39, 0.29) is 18.2 Å².